The third-order valence-electron chi connectivity index (χ3n) is 3.66. The Morgan fingerprint density at radius 3 is 2.88 bits per heavy atom. The molecule has 1 fully saturated rings. The van der Waals surface area contributed by atoms with Gasteiger partial charge in [0.25, 0.3) is 0 Å². The predicted octanol–water partition coefficient (Wildman–Crippen LogP) is 3.71. The van der Waals surface area contributed by atoms with Crippen molar-refractivity contribution in [2.45, 2.75) is 32.6 Å². The minimum atomic E-state index is 0.892. The maximum atomic E-state index is 5.23. The summed E-state index contributed by atoms with van der Waals surface area (Å²) >= 11 is 0. The van der Waals surface area contributed by atoms with E-state index >= 15 is 0 Å². The summed E-state index contributed by atoms with van der Waals surface area (Å²) in [5, 5.41) is 3.50. The molecule has 1 aromatic heterocycles. The number of furan rings is 1. The van der Waals surface area contributed by atoms with Crippen molar-refractivity contribution in [2.75, 3.05) is 13.1 Å². The monoisotopic (exact) mass is 233 g/mol. The molecule has 0 amide bonds. The van der Waals surface area contributed by atoms with Crippen molar-refractivity contribution in [2.24, 2.45) is 11.8 Å². The molecule has 2 rings (SSSR count). The smallest absolute Gasteiger partial charge is 0.126 e. The number of hydrogen-bond donors (Lipinski definition) is 1. The quantitative estimate of drug-likeness (QED) is 0.784. The minimum Gasteiger partial charge on any atom is -0.465 e. The largest absolute Gasteiger partial charge is 0.465 e. The summed E-state index contributed by atoms with van der Waals surface area (Å²) in [6, 6.07) is 3.88. The molecule has 0 atom stereocenters. The van der Waals surface area contributed by atoms with Gasteiger partial charge < -0.3 is 9.73 Å². The van der Waals surface area contributed by atoms with Crippen LogP contribution in [0, 0.1) is 11.8 Å². The van der Waals surface area contributed by atoms with E-state index in [4.69, 9.17) is 4.42 Å². The standard InChI is InChI=1S/C15H23NO/c1-13-6-8-14(9-7-13)12-16-10-2-4-15-5-3-11-17-15/h2-5,11,13-14,16H,6-10,12H2,1H3/b4-2+. The van der Waals surface area contributed by atoms with Gasteiger partial charge in [-0.1, -0.05) is 25.8 Å². The zero-order valence-corrected chi connectivity index (χ0v) is 10.7. The third kappa shape index (κ3) is 4.39. The summed E-state index contributed by atoms with van der Waals surface area (Å²) in [5.41, 5.74) is 0. The molecule has 0 bridgehead atoms. The summed E-state index contributed by atoms with van der Waals surface area (Å²) < 4.78 is 5.23. The van der Waals surface area contributed by atoms with Crippen LogP contribution < -0.4 is 5.32 Å². The maximum absolute atomic E-state index is 5.23. The Kier molecular flexibility index (Phi) is 4.87. The second-order valence-corrected chi connectivity index (χ2v) is 5.20. The van der Waals surface area contributed by atoms with Gasteiger partial charge >= 0.3 is 0 Å². The van der Waals surface area contributed by atoms with Gasteiger partial charge in [-0.3, -0.25) is 0 Å². The molecule has 1 aromatic rings. The summed E-state index contributed by atoms with van der Waals surface area (Å²) in [5.74, 6) is 2.77. The molecule has 0 radical (unpaired) electrons. The van der Waals surface area contributed by atoms with Gasteiger partial charge in [0.1, 0.15) is 5.76 Å². The predicted molar refractivity (Wildman–Crippen MR) is 71.7 cm³/mol. The van der Waals surface area contributed by atoms with Crippen LogP contribution in [0.5, 0.6) is 0 Å². The lowest BCUT2D eigenvalue weighted by Crippen LogP contribution is -2.26. The lowest BCUT2D eigenvalue weighted by Gasteiger charge is -2.26. The molecular weight excluding hydrogens is 210 g/mol. The summed E-state index contributed by atoms with van der Waals surface area (Å²) in [6.45, 7) is 4.47. The molecular formula is C15H23NO. The van der Waals surface area contributed by atoms with E-state index in [-0.39, 0.29) is 0 Å². The van der Waals surface area contributed by atoms with E-state index in [1.807, 2.05) is 18.2 Å². The van der Waals surface area contributed by atoms with E-state index in [1.54, 1.807) is 6.26 Å². The fourth-order valence-electron chi connectivity index (χ4n) is 2.47. The Morgan fingerprint density at radius 2 is 2.18 bits per heavy atom. The SMILES string of the molecule is CC1CCC(CNC/C=C/c2ccco2)CC1. The molecule has 1 aliphatic carbocycles. The van der Waals surface area contributed by atoms with Gasteiger partial charge in [-0.05, 0) is 49.4 Å². The van der Waals surface area contributed by atoms with Crippen molar-refractivity contribution in [1.29, 1.82) is 0 Å². The molecule has 94 valence electrons. The van der Waals surface area contributed by atoms with Gasteiger partial charge in [0.15, 0.2) is 0 Å². The van der Waals surface area contributed by atoms with Crippen molar-refractivity contribution >= 4 is 6.08 Å². The van der Waals surface area contributed by atoms with Crippen LogP contribution in [0.2, 0.25) is 0 Å². The molecule has 1 N–H and O–H groups in total. The van der Waals surface area contributed by atoms with Crippen LogP contribution in [0.3, 0.4) is 0 Å². The molecule has 0 saturated heterocycles. The number of nitrogens with one attached hydrogen (secondary N) is 1. The van der Waals surface area contributed by atoms with E-state index in [9.17, 15) is 0 Å². The van der Waals surface area contributed by atoms with Gasteiger partial charge in [-0.15, -0.1) is 0 Å². The molecule has 2 heteroatoms. The Labute approximate surface area is 104 Å². The van der Waals surface area contributed by atoms with Crippen LogP contribution in [0.15, 0.2) is 28.9 Å². The van der Waals surface area contributed by atoms with Crippen LogP contribution in [-0.4, -0.2) is 13.1 Å². The Morgan fingerprint density at radius 1 is 1.35 bits per heavy atom. The second kappa shape index (κ2) is 6.65. The van der Waals surface area contributed by atoms with Gasteiger partial charge in [0.2, 0.25) is 0 Å². The number of rotatable bonds is 5. The highest BCUT2D eigenvalue weighted by Gasteiger charge is 2.17. The Bertz CT molecular complexity index is 321. The van der Waals surface area contributed by atoms with Crippen LogP contribution in [0.25, 0.3) is 6.08 Å². The average Bonchev–Trinajstić information content (AvgIpc) is 2.84. The molecule has 0 unspecified atom stereocenters. The minimum absolute atomic E-state index is 0.892. The molecule has 0 aromatic carbocycles. The Balaban J connectivity index is 1.57. The van der Waals surface area contributed by atoms with E-state index in [0.29, 0.717) is 0 Å². The molecule has 1 aliphatic rings. The molecule has 0 spiro atoms. The first-order valence-electron chi connectivity index (χ1n) is 6.75. The average molecular weight is 233 g/mol. The fourth-order valence-corrected chi connectivity index (χ4v) is 2.47. The van der Waals surface area contributed by atoms with Gasteiger partial charge in [-0.25, -0.2) is 0 Å². The zero-order chi connectivity index (χ0) is 11.9. The summed E-state index contributed by atoms with van der Waals surface area (Å²) in [4.78, 5) is 0. The first kappa shape index (κ1) is 12.4. The first-order valence-corrected chi connectivity index (χ1v) is 6.75. The van der Waals surface area contributed by atoms with Crippen molar-refractivity contribution < 1.29 is 4.42 Å². The van der Waals surface area contributed by atoms with Crippen LogP contribution in [0.1, 0.15) is 38.4 Å². The molecule has 2 nitrogen and oxygen atoms in total. The van der Waals surface area contributed by atoms with Gasteiger partial charge in [0, 0.05) is 6.54 Å². The zero-order valence-electron chi connectivity index (χ0n) is 10.7. The van der Waals surface area contributed by atoms with E-state index < -0.39 is 0 Å². The summed E-state index contributed by atoms with van der Waals surface area (Å²) in [7, 11) is 0. The van der Waals surface area contributed by atoms with Crippen molar-refractivity contribution in [3.05, 3.63) is 30.2 Å². The highest BCUT2D eigenvalue weighted by atomic mass is 16.3. The van der Waals surface area contributed by atoms with Crippen molar-refractivity contribution in [1.82, 2.24) is 5.32 Å². The first-order chi connectivity index (χ1) is 8.34. The lowest BCUT2D eigenvalue weighted by molar-refractivity contribution is 0.284. The highest BCUT2D eigenvalue weighted by Crippen LogP contribution is 2.27. The van der Waals surface area contributed by atoms with Gasteiger partial charge in [-0.2, -0.15) is 0 Å². The van der Waals surface area contributed by atoms with Gasteiger partial charge in [0.05, 0.1) is 6.26 Å². The lowest BCUT2D eigenvalue weighted by atomic mass is 9.83. The third-order valence-corrected chi connectivity index (χ3v) is 3.66. The topological polar surface area (TPSA) is 25.2 Å². The van der Waals surface area contributed by atoms with E-state index in [0.717, 1.165) is 30.7 Å². The maximum Gasteiger partial charge on any atom is 0.126 e. The second-order valence-electron chi connectivity index (χ2n) is 5.20. The molecule has 17 heavy (non-hydrogen) atoms. The van der Waals surface area contributed by atoms with Crippen LogP contribution >= 0.6 is 0 Å². The Hall–Kier alpha value is -1.02. The fraction of sp³-hybridized carbons (Fsp3) is 0.600. The normalized spacial score (nSPS) is 25.5. The van der Waals surface area contributed by atoms with Crippen LogP contribution in [-0.2, 0) is 0 Å². The highest BCUT2D eigenvalue weighted by molar-refractivity contribution is 5.42. The van der Waals surface area contributed by atoms with Crippen LogP contribution in [0.4, 0.5) is 0 Å². The molecule has 0 aliphatic heterocycles. The van der Waals surface area contributed by atoms with Crippen molar-refractivity contribution in [3.63, 3.8) is 0 Å². The molecule has 1 saturated carbocycles. The van der Waals surface area contributed by atoms with Crippen molar-refractivity contribution in [3.8, 4) is 0 Å². The number of hydrogen-bond acceptors (Lipinski definition) is 2. The van der Waals surface area contributed by atoms with E-state index in [2.05, 4.69) is 18.3 Å². The summed E-state index contributed by atoms with van der Waals surface area (Å²) in [6.07, 6.45) is 11.5. The van der Waals surface area contributed by atoms with E-state index in [1.165, 1.54) is 25.7 Å². The molecule has 1 heterocycles.